The number of aryl methyl sites for hydroxylation is 1. The molecule has 4 rings (SSSR count). The van der Waals surface area contributed by atoms with Gasteiger partial charge in [0, 0.05) is 47.6 Å². The molecular weight excluding hydrogens is 518 g/mol. The fraction of sp³-hybridized carbons (Fsp3) is 0.419. The lowest BCUT2D eigenvalue weighted by Crippen LogP contribution is -2.28. The van der Waals surface area contributed by atoms with Crippen LogP contribution in [0.15, 0.2) is 65.1 Å². The molecule has 1 aliphatic heterocycles. The fourth-order valence-corrected chi connectivity index (χ4v) is 4.26. The van der Waals surface area contributed by atoms with Crippen molar-refractivity contribution in [3.8, 4) is 0 Å². The minimum atomic E-state index is -1.33. The summed E-state index contributed by atoms with van der Waals surface area (Å²) in [5.41, 5.74) is 4.88. The van der Waals surface area contributed by atoms with Crippen LogP contribution < -0.4 is 10.6 Å². The number of nitrogens with one attached hydrogen (secondary N) is 2. The standard InChI is InChI=1S/C31H37ClF2N4O/c1-19(2)20(3)35-17-23-11-13-25(32)28(29(23)33)30-37-26(21-8-9-21)15-27(38-30)22-10-12-24(36-16-22)7-6-14-39-18-31(4,5)34/h10-13,15-16,19,35H,3,6-9,14,17-18H2,1-2,4-5H3,(H,37,38). The summed E-state index contributed by atoms with van der Waals surface area (Å²) in [6.07, 6.45) is 7.23. The number of amidine groups is 1. The van der Waals surface area contributed by atoms with E-state index in [4.69, 9.17) is 21.3 Å². The lowest BCUT2D eigenvalue weighted by molar-refractivity contribution is 0.0358. The van der Waals surface area contributed by atoms with Crippen LogP contribution >= 0.6 is 11.6 Å². The molecule has 0 atom stereocenters. The highest BCUT2D eigenvalue weighted by atomic mass is 35.5. The number of alkyl halides is 1. The summed E-state index contributed by atoms with van der Waals surface area (Å²) >= 11 is 6.52. The molecule has 0 unspecified atom stereocenters. The highest BCUT2D eigenvalue weighted by Gasteiger charge is 2.26. The summed E-state index contributed by atoms with van der Waals surface area (Å²) in [7, 11) is 0. The van der Waals surface area contributed by atoms with Crippen molar-refractivity contribution >= 4 is 23.1 Å². The monoisotopic (exact) mass is 554 g/mol. The van der Waals surface area contributed by atoms with E-state index in [9.17, 15) is 4.39 Å². The van der Waals surface area contributed by atoms with Crippen molar-refractivity contribution < 1.29 is 13.5 Å². The van der Waals surface area contributed by atoms with Gasteiger partial charge in [0.2, 0.25) is 0 Å². The molecule has 1 aliphatic carbocycles. The van der Waals surface area contributed by atoms with Crippen LogP contribution in [-0.4, -0.2) is 29.7 Å². The molecule has 8 heteroatoms. The summed E-state index contributed by atoms with van der Waals surface area (Å²) in [6, 6.07) is 7.32. The first-order chi connectivity index (χ1) is 18.5. The van der Waals surface area contributed by atoms with Crippen LogP contribution in [0.3, 0.4) is 0 Å². The van der Waals surface area contributed by atoms with Crippen LogP contribution in [0.2, 0.25) is 5.02 Å². The number of benzene rings is 1. The predicted molar refractivity (Wildman–Crippen MR) is 155 cm³/mol. The normalized spacial score (nSPS) is 15.2. The molecule has 1 aromatic carbocycles. The van der Waals surface area contributed by atoms with Crippen LogP contribution in [-0.2, 0) is 17.7 Å². The third kappa shape index (κ3) is 7.99. The summed E-state index contributed by atoms with van der Waals surface area (Å²) < 4.78 is 34.7. The molecule has 0 spiro atoms. The molecule has 1 saturated carbocycles. The van der Waals surface area contributed by atoms with Crippen molar-refractivity contribution in [3.05, 3.63) is 93.3 Å². The second-order valence-corrected chi connectivity index (χ2v) is 11.4. The highest BCUT2D eigenvalue weighted by molar-refractivity contribution is 6.34. The number of nitrogens with zero attached hydrogens (tertiary/aromatic N) is 2. The molecule has 1 fully saturated rings. The molecule has 1 aromatic heterocycles. The average molecular weight is 555 g/mol. The number of aliphatic imine (C=N–C) groups is 1. The maximum Gasteiger partial charge on any atom is 0.142 e. The molecule has 5 nitrogen and oxygen atoms in total. The maximum absolute atomic E-state index is 15.8. The third-order valence-electron chi connectivity index (χ3n) is 6.55. The van der Waals surface area contributed by atoms with Crippen molar-refractivity contribution in [2.24, 2.45) is 10.9 Å². The number of hydrogen-bond acceptors (Lipinski definition) is 5. The number of halogens is 3. The topological polar surface area (TPSA) is 58.5 Å². The maximum atomic E-state index is 15.8. The van der Waals surface area contributed by atoms with Gasteiger partial charge in [-0.3, -0.25) is 4.98 Å². The molecule has 0 radical (unpaired) electrons. The first-order valence-electron chi connectivity index (χ1n) is 13.4. The SMILES string of the molecule is C=C(NCc1ccc(Cl)c(C2=NC(c3ccc(CCCOCC(C)(C)F)nc3)=CC(=C3CC3)N2)c1F)C(C)C. The van der Waals surface area contributed by atoms with Crippen molar-refractivity contribution in [2.45, 2.75) is 65.6 Å². The first-order valence-corrected chi connectivity index (χ1v) is 13.8. The van der Waals surface area contributed by atoms with Gasteiger partial charge in [0.15, 0.2) is 0 Å². The van der Waals surface area contributed by atoms with Gasteiger partial charge in [-0.15, -0.1) is 0 Å². The van der Waals surface area contributed by atoms with Crippen molar-refractivity contribution in [2.75, 3.05) is 13.2 Å². The van der Waals surface area contributed by atoms with E-state index >= 15 is 4.39 Å². The number of ether oxygens (including phenoxy) is 1. The smallest absolute Gasteiger partial charge is 0.142 e. The second kappa shape index (κ2) is 12.4. The minimum absolute atomic E-state index is 0.0804. The van der Waals surface area contributed by atoms with E-state index in [1.807, 2.05) is 32.1 Å². The third-order valence-corrected chi connectivity index (χ3v) is 6.86. The Morgan fingerprint density at radius 3 is 2.64 bits per heavy atom. The molecule has 2 heterocycles. The number of rotatable bonds is 12. The zero-order chi connectivity index (χ0) is 28.2. The molecule has 39 heavy (non-hydrogen) atoms. The van der Waals surface area contributed by atoms with Crippen molar-refractivity contribution in [3.63, 3.8) is 0 Å². The van der Waals surface area contributed by atoms with Crippen molar-refractivity contribution in [1.29, 1.82) is 0 Å². The van der Waals surface area contributed by atoms with Gasteiger partial charge in [-0.05, 0) is 75.3 Å². The number of allylic oxidation sites excluding steroid dienone is 3. The van der Waals surface area contributed by atoms with Gasteiger partial charge in [-0.1, -0.05) is 38.1 Å². The van der Waals surface area contributed by atoms with Crippen LogP contribution in [0, 0.1) is 11.7 Å². The summed E-state index contributed by atoms with van der Waals surface area (Å²) in [5.74, 6) is 0.212. The lowest BCUT2D eigenvalue weighted by atomic mass is 10.0. The van der Waals surface area contributed by atoms with Gasteiger partial charge in [0.25, 0.3) is 0 Å². The highest BCUT2D eigenvalue weighted by Crippen LogP contribution is 2.35. The Balaban J connectivity index is 1.53. The zero-order valence-corrected chi connectivity index (χ0v) is 23.9. The van der Waals surface area contributed by atoms with Gasteiger partial charge < -0.3 is 15.4 Å². The molecule has 0 amide bonds. The van der Waals surface area contributed by atoms with Crippen LogP contribution in [0.25, 0.3) is 5.70 Å². The number of aromatic nitrogens is 1. The number of hydrogen-bond donors (Lipinski definition) is 2. The predicted octanol–water partition coefficient (Wildman–Crippen LogP) is 7.27. The van der Waals surface area contributed by atoms with Gasteiger partial charge in [0.1, 0.15) is 17.3 Å². The van der Waals surface area contributed by atoms with E-state index in [1.165, 1.54) is 19.4 Å². The molecule has 0 saturated heterocycles. The zero-order valence-electron chi connectivity index (χ0n) is 23.1. The van der Waals surface area contributed by atoms with E-state index in [2.05, 4.69) is 22.2 Å². The van der Waals surface area contributed by atoms with Crippen molar-refractivity contribution in [1.82, 2.24) is 15.6 Å². The molecule has 2 N–H and O–H groups in total. The lowest BCUT2D eigenvalue weighted by Gasteiger charge is -2.21. The summed E-state index contributed by atoms with van der Waals surface area (Å²) in [4.78, 5) is 9.38. The molecule has 0 bridgehead atoms. The second-order valence-electron chi connectivity index (χ2n) is 11.0. The molecular formula is C31H37ClF2N4O. The van der Waals surface area contributed by atoms with E-state index < -0.39 is 11.5 Å². The van der Waals surface area contributed by atoms with E-state index in [1.54, 1.807) is 18.3 Å². The summed E-state index contributed by atoms with van der Waals surface area (Å²) in [5, 5.41) is 6.81. The van der Waals surface area contributed by atoms with Crippen LogP contribution in [0.1, 0.15) is 69.3 Å². The Morgan fingerprint density at radius 1 is 1.23 bits per heavy atom. The summed E-state index contributed by atoms with van der Waals surface area (Å²) in [6.45, 7) is 11.9. The Hall–Kier alpha value is -3.03. The van der Waals surface area contributed by atoms with Gasteiger partial charge in [-0.2, -0.15) is 0 Å². The van der Waals surface area contributed by atoms with E-state index in [-0.39, 0.29) is 18.1 Å². The molecule has 208 valence electrons. The van der Waals surface area contributed by atoms with Crippen LogP contribution in [0.5, 0.6) is 0 Å². The quantitative estimate of drug-likeness (QED) is 0.271. The largest absolute Gasteiger partial charge is 0.384 e. The van der Waals surface area contributed by atoms with E-state index in [0.717, 1.165) is 48.3 Å². The van der Waals surface area contributed by atoms with Gasteiger partial charge in [0.05, 0.1) is 22.9 Å². The molecule has 2 aliphatic rings. The fourth-order valence-electron chi connectivity index (χ4n) is 4.03. The van der Waals surface area contributed by atoms with E-state index in [0.29, 0.717) is 35.3 Å². The van der Waals surface area contributed by atoms with Gasteiger partial charge >= 0.3 is 0 Å². The van der Waals surface area contributed by atoms with Crippen LogP contribution in [0.4, 0.5) is 8.78 Å². The van der Waals surface area contributed by atoms with Gasteiger partial charge in [-0.25, -0.2) is 13.8 Å². The number of pyridine rings is 1. The minimum Gasteiger partial charge on any atom is -0.384 e. The first kappa shape index (κ1) is 29.0. The Bertz CT molecular complexity index is 1300. The Labute approximate surface area is 235 Å². The Kier molecular flexibility index (Phi) is 9.23. The average Bonchev–Trinajstić information content (AvgIpc) is 3.73. The Morgan fingerprint density at radius 2 is 2.00 bits per heavy atom. The molecule has 2 aromatic rings.